The zero-order valence-electron chi connectivity index (χ0n) is 14.2. The average Bonchev–Trinajstić information content (AvgIpc) is 2.59. The molecule has 0 saturated carbocycles. The van der Waals surface area contributed by atoms with E-state index in [2.05, 4.69) is 44.9 Å². The van der Waals surface area contributed by atoms with Crippen molar-refractivity contribution in [3.05, 3.63) is 59.8 Å². The van der Waals surface area contributed by atoms with Gasteiger partial charge in [-0.1, -0.05) is 30.3 Å². The smallest absolute Gasteiger partial charge is 0.213 e. The van der Waals surface area contributed by atoms with Gasteiger partial charge in [0, 0.05) is 32.4 Å². The van der Waals surface area contributed by atoms with Crippen molar-refractivity contribution in [3.63, 3.8) is 0 Å². The Morgan fingerprint density at radius 1 is 1.12 bits per heavy atom. The van der Waals surface area contributed by atoms with Gasteiger partial charge in [0.15, 0.2) is 5.96 Å². The van der Waals surface area contributed by atoms with Gasteiger partial charge in [-0.15, -0.1) is 24.0 Å². The van der Waals surface area contributed by atoms with E-state index in [0.717, 1.165) is 24.5 Å². The molecule has 0 atom stereocenters. The standard InChI is InChI=1S/C18H24N4O.HI/c1-3-23-17-13-16(10-11-20-17)14-22-18(19-2)21-12-9-15-7-5-4-6-8-15;/h4-8,10-11,13H,3,9,12,14H2,1-2H3,(H2,19,21,22);1H. The number of benzene rings is 1. The number of ether oxygens (including phenoxy) is 1. The maximum Gasteiger partial charge on any atom is 0.213 e. The number of halogens is 1. The van der Waals surface area contributed by atoms with Crippen molar-refractivity contribution < 1.29 is 4.74 Å². The number of pyridine rings is 1. The first-order valence-electron chi connectivity index (χ1n) is 7.88. The first-order valence-corrected chi connectivity index (χ1v) is 7.88. The van der Waals surface area contributed by atoms with Crippen molar-refractivity contribution in [3.8, 4) is 5.88 Å². The SMILES string of the molecule is CCOc1cc(CNC(=NC)NCCc2ccccc2)ccn1.I. The van der Waals surface area contributed by atoms with Crippen molar-refractivity contribution >= 4 is 29.9 Å². The number of aromatic nitrogens is 1. The van der Waals surface area contributed by atoms with Crippen LogP contribution >= 0.6 is 24.0 Å². The zero-order chi connectivity index (χ0) is 16.3. The van der Waals surface area contributed by atoms with Crippen LogP contribution in [0.4, 0.5) is 0 Å². The first-order chi connectivity index (χ1) is 11.3. The Labute approximate surface area is 161 Å². The monoisotopic (exact) mass is 440 g/mol. The van der Waals surface area contributed by atoms with E-state index >= 15 is 0 Å². The molecule has 6 heteroatoms. The van der Waals surface area contributed by atoms with Crippen LogP contribution in [0.2, 0.25) is 0 Å². The van der Waals surface area contributed by atoms with Gasteiger partial charge >= 0.3 is 0 Å². The van der Waals surface area contributed by atoms with E-state index in [0.29, 0.717) is 19.0 Å². The molecule has 5 nitrogen and oxygen atoms in total. The van der Waals surface area contributed by atoms with Crippen LogP contribution in [0.3, 0.4) is 0 Å². The van der Waals surface area contributed by atoms with Gasteiger partial charge in [-0.05, 0) is 30.5 Å². The summed E-state index contributed by atoms with van der Waals surface area (Å²) in [5, 5.41) is 6.62. The number of hydrogen-bond acceptors (Lipinski definition) is 3. The highest BCUT2D eigenvalue weighted by atomic mass is 127. The van der Waals surface area contributed by atoms with E-state index < -0.39 is 0 Å². The van der Waals surface area contributed by atoms with Gasteiger partial charge in [0.2, 0.25) is 5.88 Å². The van der Waals surface area contributed by atoms with Gasteiger partial charge < -0.3 is 15.4 Å². The highest BCUT2D eigenvalue weighted by molar-refractivity contribution is 14.0. The Balaban J connectivity index is 0.00000288. The summed E-state index contributed by atoms with van der Waals surface area (Å²) in [6, 6.07) is 14.3. The minimum absolute atomic E-state index is 0. The highest BCUT2D eigenvalue weighted by Crippen LogP contribution is 2.08. The van der Waals surface area contributed by atoms with Crippen molar-refractivity contribution in [1.82, 2.24) is 15.6 Å². The predicted octanol–water partition coefficient (Wildman–Crippen LogP) is 3.01. The van der Waals surface area contributed by atoms with Crippen LogP contribution in [-0.4, -0.2) is 31.1 Å². The van der Waals surface area contributed by atoms with Gasteiger partial charge in [0.1, 0.15) is 0 Å². The topological polar surface area (TPSA) is 58.5 Å². The van der Waals surface area contributed by atoms with E-state index in [1.54, 1.807) is 13.2 Å². The summed E-state index contributed by atoms with van der Waals surface area (Å²) in [5.41, 5.74) is 2.42. The highest BCUT2D eigenvalue weighted by Gasteiger charge is 2.01. The van der Waals surface area contributed by atoms with Gasteiger partial charge in [0.25, 0.3) is 0 Å². The summed E-state index contributed by atoms with van der Waals surface area (Å²) in [7, 11) is 1.77. The van der Waals surface area contributed by atoms with Crippen molar-refractivity contribution in [2.24, 2.45) is 4.99 Å². The van der Waals surface area contributed by atoms with Crippen LogP contribution in [0, 0.1) is 0 Å². The Hall–Kier alpha value is -1.83. The Bertz CT molecular complexity index is 619. The number of nitrogens with zero attached hydrogens (tertiary/aromatic N) is 2. The number of aliphatic imine (C=N–C) groups is 1. The second-order valence-electron chi connectivity index (χ2n) is 5.02. The summed E-state index contributed by atoms with van der Waals surface area (Å²) in [6.07, 6.45) is 2.72. The lowest BCUT2D eigenvalue weighted by Gasteiger charge is -2.12. The summed E-state index contributed by atoms with van der Waals surface area (Å²) in [4.78, 5) is 8.40. The van der Waals surface area contributed by atoms with E-state index in [-0.39, 0.29) is 24.0 Å². The van der Waals surface area contributed by atoms with Crippen molar-refractivity contribution in [2.45, 2.75) is 19.9 Å². The molecule has 0 aliphatic carbocycles. The zero-order valence-corrected chi connectivity index (χ0v) is 16.5. The third-order valence-electron chi connectivity index (χ3n) is 3.32. The molecular weight excluding hydrogens is 415 g/mol. The second kappa shape index (κ2) is 11.7. The maximum absolute atomic E-state index is 5.41. The molecule has 0 aliphatic heterocycles. The number of nitrogens with one attached hydrogen (secondary N) is 2. The Morgan fingerprint density at radius 2 is 1.92 bits per heavy atom. The molecule has 130 valence electrons. The van der Waals surface area contributed by atoms with Crippen molar-refractivity contribution in [2.75, 3.05) is 20.2 Å². The largest absolute Gasteiger partial charge is 0.478 e. The van der Waals surface area contributed by atoms with Gasteiger partial charge in [0.05, 0.1) is 6.61 Å². The predicted molar refractivity (Wildman–Crippen MR) is 109 cm³/mol. The maximum atomic E-state index is 5.41. The lowest BCUT2D eigenvalue weighted by molar-refractivity contribution is 0.326. The molecule has 0 bridgehead atoms. The minimum atomic E-state index is 0. The number of guanidine groups is 1. The Morgan fingerprint density at radius 3 is 2.62 bits per heavy atom. The van der Waals surface area contributed by atoms with Crippen LogP contribution in [0.5, 0.6) is 5.88 Å². The second-order valence-corrected chi connectivity index (χ2v) is 5.02. The summed E-state index contributed by atoms with van der Waals surface area (Å²) >= 11 is 0. The quantitative estimate of drug-likeness (QED) is 0.395. The molecule has 1 aromatic heterocycles. The molecule has 2 aromatic rings. The van der Waals surface area contributed by atoms with Crippen LogP contribution < -0.4 is 15.4 Å². The summed E-state index contributed by atoms with van der Waals surface area (Å²) in [5.74, 6) is 1.44. The average molecular weight is 440 g/mol. The molecule has 0 unspecified atom stereocenters. The lowest BCUT2D eigenvalue weighted by atomic mass is 10.1. The molecule has 0 saturated heterocycles. The molecular formula is C18H25IN4O. The van der Waals surface area contributed by atoms with Crippen LogP contribution in [0.15, 0.2) is 53.7 Å². The fourth-order valence-corrected chi connectivity index (χ4v) is 2.16. The molecule has 0 amide bonds. The number of hydrogen-bond donors (Lipinski definition) is 2. The van der Waals surface area contributed by atoms with Crippen molar-refractivity contribution in [1.29, 1.82) is 0 Å². The van der Waals surface area contributed by atoms with Gasteiger partial charge in [-0.3, -0.25) is 4.99 Å². The fourth-order valence-electron chi connectivity index (χ4n) is 2.16. The molecule has 0 radical (unpaired) electrons. The minimum Gasteiger partial charge on any atom is -0.478 e. The Kier molecular flexibility index (Phi) is 9.83. The third-order valence-corrected chi connectivity index (χ3v) is 3.32. The fraction of sp³-hybridized carbons (Fsp3) is 0.333. The molecule has 1 heterocycles. The van der Waals surface area contributed by atoms with E-state index in [9.17, 15) is 0 Å². The molecule has 2 N–H and O–H groups in total. The molecule has 1 aromatic carbocycles. The summed E-state index contributed by atoms with van der Waals surface area (Å²) in [6.45, 7) is 4.08. The van der Waals surface area contributed by atoms with Crippen LogP contribution in [0.25, 0.3) is 0 Å². The first kappa shape index (κ1) is 20.2. The van der Waals surface area contributed by atoms with E-state index in [1.807, 2.05) is 25.1 Å². The number of rotatable bonds is 7. The molecule has 2 rings (SSSR count). The molecule has 0 aliphatic rings. The van der Waals surface area contributed by atoms with E-state index in [1.165, 1.54) is 5.56 Å². The van der Waals surface area contributed by atoms with Crippen LogP contribution in [-0.2, 0) is 13.0 Å². The molecule has 0 spiro atoms. The van der Waals surface area contributed by atoms with Crippen LogP contribution in [0.1, 0.15) is 18.1 Å². The lowest BCUT2D eigenvalue weighted by Crippen LogP contribution is -2.37. The summed E-state index contributed by atoms with van der Waals surface area (Å²) < 4.78 is 5.41. The third kappa shape index (κ3) is 7.16. The molecule has 0 fully saturated rings. The van der Waals surface area contributed by atoms with Gasteiger partial charge in [-0.25, -0.2) is 4.98 Å². The molecule has 24 heavy (non-hydrogen) atoms. The van der Waals surface area contributed by atoms with E-state index in [4.69, 9.17) is 4.74 Å². The normalized spacial score (nSPS) is 10.7. The van der Waals surface area contributed by atoms with Gasteiger partial charge in [-0.2, -0.15) is 0 Å².